The Hall–Kier alpha value is -0.610. The van der Waals surface area contributed by atoms with Crippen LogP contribution in [0.15, 0.2) is 0 Å². The second-order valence-electron chi connectivity index (χ2n) is 1.73. The Balaban J connectivity index is 2.89. The van der Waals surface area contributed by atoms with Crippen molar-refractivity contribution in [3.8, 4) is 0 Å². The van der Waals surface area contributed by atoms with Crippen LogP contribution in [0.3, 0.4) is 0 Å². The Kier molecular flexibility index (Phi) is 2.84. The predicted octanol–water partition coefficient (Wildman–Crippen LogP) is 1.61. The van der Waals surface area contributed by atoms with Crippen LogP contribution in [0.25, 0.3) is 0 Å². The van der Waals surface area contributed by atoms with Crippen LogP contribution in [0.1, 0.15) is 6.92 Å². The minimum atomic E-state index is 0.0981. The van der Waals surface area contributed by atoms with Crippen molar-refractivity contribution in [2.75, 3.05) is 11.9 Å². The molecule has 6 heteroatoms. The van der Waals surface area contributed by atoms with Crippen LogP contribution in [0.2, 0.25) is 10.6 Å². The van der Waals surface area contributed by atoms with E-state index in [1.165, 1.54) is 0 Å². The summed E-state index contributed by atoms with van der Waals surface area (Å²) in [7, 11) is 0. The van der Waals surface area contributed by atoms with E-state index in [4.69, 9.17) is 23.2 Å². The van der Waals surface area contributed by atoms with Crippen LogP contribution in [-0.4, -0.2) is 21.5 Å². The van der Waals surface area contributed by atoms with Gasteiger partial charge < -0.3 is 5.32 Å². The van der Waals surface area contributed by atoms with E-state index in [9.17, 15) is 0 Å². The highest BCUT2D eigenvalue weighted by Crippen LogP contribution is 2.08. The number of nitrogens with one attached hydrogen (secondary N) is 1. The van der Waals surface area contributed by atoms with Gasteiger partial charge in [0.1, 0.15) is 0 Å². The predicted molar refractivity (Wildman–Crippen MR) is 44.0 cm³/mol. The van der Waals surface area contributed by atoms with Crippen molar-refractivity contribution in [2.24, 2.45) is 0 Å². The second-order valence-corrected chi connectivity index (χ2v) is 2.40. The standard InChI is InChI=1S/C5H6Cl2N4/c1-2-8-5-10-3(6)9-4(7)11-5/h2H2,1H3,(H,8,9,10,11). The van der Waals surface area contributed by atoms with Gasteiger partial charge >= 0.3 is 0 Å². The summed E-state index contributed by atoms with van der Waals surface area (Å²) in [5.41, 5.74) is 0. The van der Waals surface area contributed by atoms with E-state index in [-0.39, 0.29) is 10.6 Å². The van der Waals surface area contributed by atoms with Gasteiger partial charge in [0.25, 0.3) is 0 Å². The van der Waals surface area contributed by atoms with Gasteiger partial charge in [-0.3, -0.25) is 0 Å². The van der Waals surface area contributed by atoms with Crippen molar-refractivity contribution in [3.05, 3.63) is 10.6 Å². The molecule has 4 nitrogen and oxygen atoms in total. The maximum absolute atomic E-state index is 5.50. The van der Waals surface area contributed by atoms with Crippen LogP contribution >= 0.6 is 23.2 Å². The molecule has 1 N–H and O–H groups in total. The first-order chi connectivity index (χ1) is 5.22. The number of halogens is 2. The Morgan fingerprint density at radius 2 is 1.73 bits per heavy atom. The SMILES string of the molecule is CCNc1nc(Cl)nc(Cl)n1. The molecule has 60 valence electrons. The average molecular weight is 193 g/mol. The maximum atomic E-state index is 5.50. The highest BCUT2D eigenvalue weighted by atomic mass is 35.5. The number of hydrogen-bond donors (Lipinski definition) is 1. The summed E-state index contributed by atoms with van der Waals surface area (Å²) in [5, 5.41) is 3.05. The van der Waals surface area contributed by atoms with E-state index in [0.717, 1.165) is 6.54 Å². The number of anilines is 1. The fraction of sp³-hybridized carbons (Fsp3) is 0.400. The van der Waals surface area contributed by atoms with E-state index in [0.29, 0.717) is 5.95 Å². The first kappa shape index (κ1) is 8.49. The number of aromatic nitrogens is 3. The molecule has 0 amide bonds. The smallest absolute Gasteiger partial charge is 0.228 e. The molecule has 1 aromatic heterocycles. The van der Waals surface area contributed by atoms with Crippen LogP contribution in [0, 0.1) is 0 Å². The van der Waals surface area contributed by atoms with Gasteiger partial charge in [0.2, 0.25) is 16.5 Å². The molecule has 0 spiro atoms. The molecule has 0 bridgehead atoms. The van der Waals surface area contributed by atoms with Crippen molar-refractivity contribution in [1.29, 1.82) is 0 Å². The molecule has 1 aromatic rings. The third-order valence-corrected chi connectivity index (χ3v) is 1.25. The highest BCUT2D eigenvalue weighted by molar-refractivity contribution is 6.31. The molecule has 0 aliphatic rings. The lowest BCUT2D eigenvalue weighted by Crippen LogP contribution is -2.03. The lowest BCUT2D eigenvalue weighted by Gasteiger charge is -1.99. The third kappa shape index (κ3) is 2.48. The fourth-order valence-corrected chi connectivity index (χ4v) is 0.927. The van der Waals surface area contributed by atoms with E-state index in [1.54, 1.807) is 0 Å². The van der Waals surface area contributed by atoms with Gasteiger partial charge in [-0.15, -0.1) is 0 Å². The van der Waals surface area contributed by atoms with Crippen molar-refractivity contribution in [2.45, 2.75) is 6.92 Å². The molecular weight excluding hydrogens is 187 g/mol. The zero-order chi connectivity index (χ0) is 8.27. The molecule has 1 heterocycles. The molecule has 0 unspecified atom stereocenters. The Bertz CT molecular complexity index is 232. The molecule has 0 fully saturated rings. The first-order valence-electron chi connectivity index (χ1n) is 3.03. The van der Waals surface area contributed by atoms with Gasteiger partial charge in [-0.1, -0.05) is 0 Å². The molecule has 0 saturated heterocycles. The lowest BCUT2D eigenvalue weighted by atomic mass is 10.7. The summed E-state index contributed by atoms with van der Waals surface area (Å²) in [6.45, 7) is 2.64. The minimum Gasteiger partial charge on any atom is -0.354 e. The van der Waals surface area contributed by atoms with Gasteiger partial charge in [0.05, 0.1) is 0 Å². The minimum absolute atomic E-state index is 0.0981. The number of hydrogen-bond acceptors (Lipinski definition) is 4. The Morgan fingerprint density at radius 1 is 1.18 bits per heavy atom. The topological polar surface area (TPSA) is 50.7 Å². The van der Waals surface area contributed by atoms with Crippen molar-refractivity contribution in [3.63, 3.8) is 0 Å². The van der Waals surface area contributed by atoms with Crippen molar-refractivity contribution < 1.29 is 0 Å². The van der Waals surface area contributed by atoms with Crippen LogP contribution in [0.4, 0.5) is 5.95 Å². The maximum Gasteiger partial charge on any atom is 0.228 e. The third-order valence-electron chi connectivity index (χ3n) is 0.916. The van der Waals surface area contributed by atoms with Gasteiger partial charge in [-0.25, -0.2) is 0 Å². The monoisotopic (exact) mass is 192 g/mol. The largest absolute Gasteiger partial charge is 0.354 e. The lowest BCUT2D eigenvalue weighted by molar-refractivity contribution is 1.02. The first-order valence-corrected chi connectivity index (χ1v) is 3.79. The van der Waals surface area contributed by atoms with Crippen LogP contribution in [0.5, 0.6) is 0 Å². The molecule has 0 aliphatic carbocycles. The molecule has 0 atom stereocenters. The highest BCUT2D eigenvalue weighted by Gasteiger charge is 1.99. The molecule has 0 saturated carbocycles. The normalized spacial score (nSPS) is 9.73. The van der Waals surface area contributed by atoms with Gasteiger partial charge in [-0.05, 0) is 30.1 Å². The van der Waals surface area contributed by atoms with E-state index >= 15 is 0 Å². The molecule has 0 radical (unpaired) electrons. The second kappa shape index (κ2) is 3.69. The summed E-state index contributed by atoms with van der Waals surface area (Å²) in [5.74, 6) is 0.400. The zero-order valence-electron chi connectivity index (χ0n) is 5.80. The summed E-state index contributed by atoms with van der Waals surface area (Å²) >= 11 is 11.0. The van der Waals surface area contributed by atoms with Gasteiger partial charge in [0.15, 0.2) is 0 Å². The van der Waals surface area contributed by atoms with E-state index in [2.05, 4.69) is 20.3 Å². The summed E-state index contributed by atoms with van der Waals surface area (Å²) in [4.78, 5) is 11.1. The summed E-state index contributed by atoms with van der Waals surface area (Å²) in [6, 6.07) is 0. The number of rotatable bonds is 2. The molecule has 0 aromatic carbocycles. The summed E-state index contributed by atoms with van der Waals surface area (Å²) in [6.07, 6.45) is 0. The van der Waals surface area contributed by atoms with E-state index in [1.807, 2.05) is 6.92 Å². The molecule has 1 rings (SSSR count). The molecule has 0 aliphatic heterocycles. The van der Waals surface area contributed by atoms with Crippen molar-refractivity contribution in [1.82, 2.24) is 15.0 Å². The summed E-state index contributed by atoms with van der Waals surface area (Å²) < 4.78 is 0. The zero-order valence-corrected chi connectivity index (χ0v) is 7.32. The van der Waals surface area contributed by atoms with Crippen LogP contribution < -0.4 is 5.32 Å². The van der Waals surface area contributed by atoms with E-state index < -0.39 is 0 Å². The average Bonchev–Trinajstić information content (AvgIpc) is 1.85. The Morgan fingerprint density at radius 3 is 2.18 bits per heavy atom. The van der Waals surface area contributed by atoms with Gasteiger partial charge in [-0.2, -0.15) is 15.0 Å². The van der Waals surface area contributed by atoms with Crippen molar-refractivity contribution >= 4 is 29.2 Å². The quantitative estimate of drug-likeness (QED) is 0.774. The Labute approximate surface area is 74.0 Å². The molecular formula is C5H6Cl2N4. The fourth-order valence-electron chi connectivity index (χ4n) is 0.563. The van der Waals surface area contributed by atoms with Gasteiger partial charge in [0, 0.05) is 6.54 Å². The van der Waals surface area contributed by atoms with Crippen LogP contribution in [-0.2, 0) is 0 Å². The molecule has 11 heavy (non-hydrogen) atoms. The number of nitrogens with zero attached hydrogens (tertiary/aromatic N) is 3.